The van der Waals surface area contributed by atoms with E-state index in [1.807, 2.05) is 12.1 Å². The second kappa shape index (κ2) is 11.9. The van der Waals surface area contributed by atoms with Gasteiger partial charge < -0.3 is 19.7 Å². The number of hydrogen-bond acceptors (Lipinski definition) is 4. The molecule has 7 heteroatoms. The predicted molar refractivity (Wildman–Crippen MR) is 129 cm³/mol. The van der Waals surface area contributed by atoms with Crippen LogP contribution in [0.3, 0.4) is 0 Å². The third-order valence-corrected chi connectivity index (χ3v) is 8.18. The molecule has 5 nitrogen and oxygen atoms in total. The first kappa shape index (κ1) is 24.1. The molecule has 0 spiro atoms. The Labute approximate surface area is 202 Å². The molecule has 1 saturated carbocycles. The van der Waals surface area contributed by atoms with Crippen molar-refractivity contribution in [3.8, 4) is 5.75 Å². The highest BCUT2D eigenvalue weighted by atomic mass is 35.5. The zero-order valence-corrected chi connectivity index (χ0v) is 20.4. The smallest absolute Gasteiger partial charge is 0.223 e. The van der Waals surface area contributed by atoms with Gasteiger partial charge in [-0.3, -0.25) is 4.79 Å². The van der Waals surface area contributed by atoms with Gasteiger partial charge >= 0.3 is 0 Å². The molecule has 0 bridgehead atoms. The van der Waals surface area contributed by atoms with Crippen molar-refractivity contribution >= 4 is 29.1 Å². The quantitative estimate of drug-likeness (QED) is 0.570. The Morgan fingerprint density at radius 1 is 1.03 bits per heavy atom. The number of carbonyl (C=O) groups is 1. The first-order valence-corrected chi connectivity index (χ1v) is 13.0. The monoisotopic (exact) mass is 482 g/mol. The summed E-state index contributed by atoms with van der Waals surface area (Å²) < 4.78 is 11.5. The molecule has 3 fully saturated rings. The van der Waals surface area contributed by atoms with Crippen LogP contribution in [0.4, 0.5) is 0 Å². The van der Waals surface area contributed by atoms with Gasteiger partial charge in [0.15, 0.2) is 0 Å². The van der Waals surface area contributed by atoms with E-state index in [0.717, 1.165) is 77.3 Å². The summed E-state index contributed by atoms with van der Waals surface area (Å²) >= 11 is 12.4. The van der Waals surface area contributed by atoms with Gasteiger partial charge in [0.25, 0.3) is 0 Å². The number of hydrogen-bond donors (Lipinski definition) is 1. The van der Waals surface area contributed by atoms with Crippen molar-refractivity contribution in [2.45, 2.75) is 69.9 Å². The van der Waals surface area contributed by atoms with Gasteiger partial charge in [-0.25, -0.2) is 0 Å². The fourth-order valence-corrected chi connectivity index (χ4v) is 5.58. The average molecular weight is 483 g/mol. The third kappa shape index (κ3) is 6.75. The highest BCUT2D eigenvalue weighted by Crippen LogP contribution is 2.33. The summed E-state index contributed by atoms with van der Waals surface area (Å²) in [6, 6.07) is 5.92. The lowest BCUT2D eigenvalue weighted by atomic mass is 9.83. The fourth-order valence-electron chi connectivity index (χ4n) is 5.24. The molecule has 1 amide bonds. The SMILES string of the molecule is O=C(NC1CCC(CCN2CCC(Oc3cccc(Cl)c3Cl)CC2)CC1)C1CCOCC1. The number of nitrogens with one attached hydrogen (secondary N) is 1. The Morgan fingerprint density at radius 2 is 1.75 bits per heavy atom. The van der Waals surface area contributed by atoms with Gasteiger partial charge in [-0.2, -0.15) is 0 Å². The molecule has 2 saturated heterocycles. The number of benzene rings is 1. The van der Waals surface area contributed by atoms with Crippen LogP contribution < -0.4 is 10.1 Å². The molecule has 4 rings (SSSR count). The van der Waals surface area contributed by atoms with Gasteiger partial charge in [0.05, 0.1) is 5.02 Å². The van der Waals surface area contributed by atoms with Gasteiger partial charge in [-0.1, -0.05) is 29.3 Å². The molecule has 0 unspecified atom stereocenters. The second-order valence-corrected chi connectivity index (χ2v) is 10.4. The first-order valence-electron chi connectivity index (χ1n) is 12.3. The Balaban J connectivity index is 1.10. The molecule has 2 aliphatic heterocycles. The summed E-state index contributed by atoms with van der Waals surface area (Å²) in [7, 11) is 0. The van der Waals surface area contributed by atoms with Crippen LogP contribution in [0.2, 0.25) is 10.0 Å². The van der Waals surface area contributed by atoms with Gasteiger partial charge in [0, 0.05) is 38.3 Å². The van der Waals surface area contributed by atoms with Crippen LogP contribution in [-0.2, 0) is 9.53 Å². The van der Waals surface area contributed by atoms with Crippen molar-refractivity contribution in [2.75, 3.05) is 32.8 Å². The van der Waals surface area contributed by atoms with Gasteiger partial charge in [0.1, 0.15) is 16.9 Å². The molecule has 3 aliphatic rings. The van der Waals surface area contributed by atoms with E-state index in [1.165, 1.54) is 19.3 Å². The van der Waals surface area contributed by atoms with Crippen LogP contribution in [0.5, 0.6) is 5.75 Å². The molecule has 0 atom stereocenters. The normalized spacial score (nSPS) is 26.1. The van der Waals surface area contributed by atoms with Crippen LogP contribution >= 0.6 is 23.2 Å². The summed E-state index contributed by atoms with van der Waals surface area (Å²) in [5, 5.41) is 4.36. The number of ether oxygens (including phenoxy) is 2. The van der Waals surface area contributed by atoms with Crippen molar-refractivity contribution in [3.63, 3.8) is 0 Å². The van der Waals surface area contributed by atoms with Gasteiger partial charge in [-0.05, 0) is 82.4 Å². The average Bonchev–Trinajstić information content (AvgIpc) is 2.83. The molecule has 1 aromatic rings. The van der Waals surface area contributed by atoms with Crippen molar-refractivity contribution in [3.05, 3.63) is 28.2 Å². The number of rotatable bonds is 7. The maximum Gasteiger partial charge on any atom is 0.223 e. The van der Waals surface area contributed by atoms with E-state index in [0.29, 0.717) is 21.8 Å². The summed E-state index contributed by atoms with van der Waals surface area (Å²) in [6.07, 6.45) is 9.94. The van der Waals surface area contributed by atoms with Gasteiger partial charge in [0.2, 0.25) is 5.91 Å². The molecule has 1 aliphatic carbocycles. The summed E-state index contributed by atoms with van der Waals surface area (Å²) in [6.45, 7) is 4.75. The zero-order chi connectivity index (χ0) is 22.3. The lowest BCUT2D eigenvalue weighted by molar-refractivity contribution is -0.128. The van der Waals surface area contributed by atoms with Crippen LogP contribution in [0.1, 0.15) is 57.8 Å². The topological polar surface area (TPSA) is 50.8 Å². The van der Waals surface area contributed by atoms with Crippen molar-refractivity contribution in [2.24, 2.45) is 11.8 Å². The zero-order valence-electron chi connectivity index (χ0n) is 18.9. The van der Waals surface area contributed by atoms with E-state index in [4.69, 9.17) is 32.7 Å². The molecule has 32 heavy (non-hydrogen) atoms. The fraction of sp³-hybridized carbons (Fsp3) is 0.720. The highest BCUT2D eigenvalue weighted by molar-refractivity contribution is 6.42. The minimum Gasteiger partial charge on any atom is -0.489 e. The van der Waals surface area contributed by atoms with E-state index in [1.54, 1.807) is 6.07 Å². The molecule has 178 valence electrons. The largest absolute Gasteiger partial charge is 0.489 e. The Morgan fingerprint density at radius 3 is 2.47 bits per heavy atom. The van der Waals surface area contributed by atoms with Crippen LogP contribution in [-0.4, -0.2) is 55.8 Å². The standard InChI is InChI=1S/C25H36Cl2N2O3/c26-22-2-1-3-23(24(22)27)32-21-9-14-29(15-10-21)13-8-18-4-6-20(7-5-18)28-25(30)19-11-16-31-17-12-19/h1-3,18-21H,4-17H2,(H,28,30). The van der Waals surface area contributed by atoms with E-state index in [-0.39, 0.29) is 17.9 Å². The molecular weight excluding hydrogens is 447 g/mol. The maximum atomic E-state index is 12.5. The minimum absolute atomic E-state index is 0.156. The van der Waals surface area contributed by atoms with Crippen molar-refractivity contribution < 1.29 is 14.3 Å². The number of likely N-dealkylation sites (tertiary alicyclic amines) is 1. The number of amides is 1. The highest BCUT2D eigenvalue weighted by Gasteiger charge is 2.28. The van der Waals surface area contributed by atoms with E-state index < -0.39 is 0 Å². The predicted octanol–water partition coefficient (Wildman–Crippen LogP) is 5.33. The Bertz CT molecular complexity index is 741. The molecule has 1 aromatic carbocycles. The van der Waals surface area contributed by atoms with E-state index in [2.05, 4.69) is 10.2 Å². The molecule has 0 aromatic heterocycles. The lowest BCUT2D eigenvalue weighted by Gasteiger charge is -2.35. The first-order chi connectivity index (χ1) is 15.6. The van der Waals surface area contributed by atoms with Crippen molar-refractivity contribution in [1.82, 2.24) is 10.2 Å². The molecule has 0 radical (unpaired) electrons. The summed E-state index contributed by atoms with van der Waals surface area (Å²) in [5.41, 5.74) is 0. The van der Waals surface area contributed by atoms with Crippen LogP contribution in [0.25, 0.3) is 0 Å². The molecular formula is C25H36Cl2N2O3. The molecule has 2 heterocycles. The number of halogens is 2. The maximum absolute atomic E-state index is 12.5. The summed E-state index contributed by atoms with van der Waals surface area (Å²) in [5.74, 6) is 1.88. The number of nitrogens with zero attached hydrogens (tertiary/aromatic N) is 1. The Hall–Kier alpha value is -1.01. The second-order valence-electron chi connectivity index (χ2n) is 9.61. The van der Waals surface area contributed by atoms with Crippen molar-refractivity contribution in [1.29, 1.82) is 0 Å². The number of carbonyl (C=O) groups excluding carboxylic acids is 1. The van der Waals surface area contributed by atoms with Crippen LogP contribution in [0, 0.1) is 11.8 Å². The van der Waals surface area contributed by atoms with Gasteiger partial charge in [-0.15, -0.1) is 0 Å². The van der Waals surface area contributed by atoms with E-state index >= 15 is 0 Å². The Kier molecular flexibility index (Phi) is 8.98. The summed E-state index contributed by atoms with van der Waals surface area (Å²) in [4.78, 5) is 15.0. The minimum atomic E-state index is 0.156. The molecule has 1 N–H and O–H groups in total. The van der Waals surface area contributed by atoms with E-state index in [9.17, 15) is 4.79 Å². The lowest BCUT2D eigenvalue weighted by Crippen LogP contribution is -2.43. The van der Waals surface area contributed by atoms with Crippen LogP contribution in [0.15, 0.2) is 18.2 Å². The number of piperidine rings is 1. The third-order valence-electron chi connectivity index (χ3n) is 7.38.